The molecule has 1 saturated heterocycles. The number of guanidine groups is 1. The second-order valence-corrected chi connectivity index (χ2v) is 6.90. The first-order valence-electron chi connectivity index (χ1n) is 9.87. The van der Waals surface area contributed by atoms with Gasteiger partial charge < -0.3 is 15.1 Å². The number of nitrogens with zero attached hydrogens (tertiary/aromatic N) is 6. The molecule has 0 atom stereocenters. The summed E-state index contributed by atoms with van der Waals surface area (Å²) in [6, 6.07) is 8.20. The Labute approximate surface area is 162 Å². The van der Waals surface area contributed by atoms with E-state index < -0.39 is 0 Å². The molecule has 0 aliphatic carbocycles. The van der Waals surface area contributed by atoms with Gasteiger partial charge in [0.05, 0.1) is 5.69 Å². The minimum atomic E-state index is 0.807. The van der Waals surface area contributed by atoms with Gasteiger partial charge in [0.1, 0.15) is 5.82 Å². The quantitative estimate of drug-likeness (QED) is 0.480. The second kappa shape index (κ2) is 9.39. The Morgan fingerprint density at radius 3 is 2.63 bits per heavy atom. The summed E-state index contributed by atoms with van der Waals surface area (Å²) in [7, 11) is 0. The Morgan fingerprint density at radius 2 is 2.00 bits per heavy atom. The number of piperazine rings is 1. The van der Waals surface area contributed by atoms with Crippen LogP contribution in [0.25, 0.3) is 0 Å². The maximum absolute atomic E-state index is 4.84. The van der Waals surface area contributed by atoms with Gasteiger partial charge in [-0.25, -0.2) is 4.98 Å². The van der Waals surface area contributed by atoms with Crippen molar-refractivity contribution in [1.82, 2.24) is 25.0 Å². The van der Waals surface area contributed by atoms with Gasteiger partial charge in [-0.15, -0.1) is 0 Å². The van der Waals surface area contributed by atoms with Crippen LogP contribution >= 0.6 is 0 Å². The summed E-state index contributed by atoms with van der Waals surface area (Å²) in [5, 5.41) is 7.96. The fourth-order valence-electron chi connectivity index (χ4n) is 3.42. The van der Waals surface area contributed by atoms with Crippen molar-refractivity contribution < 1.29 is 0 Å². The first-order valence-corrected chi connectivity index (χ1v) is 9.87. The Balaban J connectivity index is 1.51. The molecule has 7 nitrogen and oxygen atoms in total. The molecule has 2 aromatic rings. The molecular weight excluding hydrogens is 338 g/mol. The highest BCUT2D eigenvalue weighted by Gasteiger charge is 2.20. The van der Waals surface area contributed by atoms with E-state index in [1.165, 1.54) is 5.69 Å². The molecule has 3 rings (SSSR count). The van der Waals surface area contributed by atoms with E-state index in [1.54, 1.807) is 0 Å². The molecule has 0 spiro atoms. The third-order valence-electron chi connectivity index (χ3n) is 4.78. The molecule has 0 saturated carbocycles. The molecular formula is C20H31N7. The smallest absolute Gasteiger partial charge is 0.194 e. The number of anilines is 1. The molecule has 0 bridgehead atoms. The highest BCUT2D eigenvalue weighted by atomic mass is 15.4. The lowest BCUT2D eigenvalue weighted by atomic mass is 10.3. The maximum atomic E-state index is 4.84. The highest BCUT2D eigenvalue weighted by Crippen LogP contribution is 2.12. The summed E-state index contributed by atoms with van der Waals surface area (Å²) in [5.74, 6) is 2.08. The van der Waals surface area contributed by atoms with Gasteiger partial charge in [-0.05, 0) is 45.4 Å². The second-order valence-electron chi connectivity index (χ2n) is 6.90. The van der Waals surface area contributed by atoms with Crippen molar-refractivity contribution in [1.29, 1.82) is 0 Å². The summed E-state index contributed by atoms with van der Waals surface area (Å²) in [6.45, 7) is 12.7. The van der Waals surface area contributed by atoms with Crippen LogP contribution in [0.4, 0.5) is 5.82 Å². The van der Waals surface area contributed by atoms with E-state index in [-0.39, 0.29) is 0 Å². The number of aromatic nitrogens is 3. The van der Waals surface area contributed by atoms with Crippen LogP contribution < -0.4 is 10.2 Å². The maximum Gasteiger partial charge on any atom is 0.194 e. The number of hydrogen-bond donors (Lipinski definition) is 1. The Morgan fingerprint density at radius 1 is 1.19 bits per heavy atom. The number of pyridine rings is 1. The van der Waals surface area contributed by atoms with Crippen LogP contribution in [-0.2, 0) is 6.54 Å². The molecule has 1 fully saturated rings. The number of nitrogens with one attached hydrogen (secondary N) is 1. The lowest BCUT2D eigenvalue weighted by molar-refractivity contribution is 0.371. The minimum Gasteiger partial charge on any atom is -0.357 e. The van der Waals surface area contributed by atoms with Gasteiger partial charge in [0, 0.05) is 57.7 Å². The summed E-state index contributed by atoms with van der Waals surface area (Å²) in [6.07, 6.45) is 2.85. The first-order chi connectivity index (χ1) is 13.2. The Hall–Kier alpha value is -2.57. The van der Waals surface area contributed by atoms with E-state index in [4.69, 9.17) is 4.99 Å². The molecule has 27 heavy (non-hydrogen) atoms. The third kappa shape index (κ3) is 5.21. The van der Waals surface area contributed by atoms with Crippen molar-refractivity contribution in [2.45, 2.75) is 33.7 Å². The predicted molar refractivity (Wildman–Crippen MR) is 110 cm³/mol. The molecule has 0 unspecified atom stereocenters. The van der Waals surface area contributed by atoms with Crippen molar-refractivity contribution in [3.05, 3.63) is 41.9 Å². The SMILES string of the molecule is CCNC(=NCCCn1nc(C)cc1C)N1CCN(c2ccccn2)CC1. The fraction of sp³-hybridized carbons (Fsp3) is 0.550. The van der Waals surface area contributed by atoms with Gasteiger partial charge in [-0.2, -0.15) is 5.10 Å². The molecule has 3 heterocycles. The van der Waals surface area contributed by atoms with Crippen molar-refractivity contribution in [2.24, 2.45) is 4.99 Å². The first kappa shape index (κ1) is 19.2. The van der Waals surface area contributed by atoms with Crippen LogP contribution in [0.15, 0.2) is 35.5 Å². The van der Waals surface area contributed by atoms with Crippen LogP contribution in [0.1, 0.15) is 24.7 Å². The third-order valence-corrected chi connectivity index (χ3v) is 4.78. The summed E-state index contributed by atoms with van der Waals surface area (Å²) in [5.41, 5.74) is 2.30. The molecule has 0 amide bonds. The summed E-state index contributed by atoms with van der Waals surface area (Å²) in [4.78, 5) is 14.0. The minimum absolute atomic E-state index is 0.807. The van der Waals surface area contributed by atoms with Crippen molar-refractivity contribution in [2.75, 3.05) is 44.2 Å². The van der Waals surface area contributed by atoms with E-state index in [0.717, 1.165) is 69.7 Å². The molecule has 146 valence electrons. The molecule has 0 radical (unpaired) electrons. The van der Waals surface area contributed by atoms with Gasteiger partial charge in [-0.3, -0.25) is 9.67 Å². The highest BCUT2D eigenvalue weighted by molar-refractivity contribution is 5.80. The lowest BCUT2D eigenvalue weighted by Gasteiger charge is -2.37. The van der Waals surface area contributed by atoms with E-state index in [9.17, 15) is 0 Å². The van der Waals surface area contributed by atoms with E-state index in [2.05, 4.69) is 55.9 Å². The number of aryl methyl sites for hydroxylation is 3. The molecule has 2 aromatic heterocycles. The van der Waals surface area contributed by atoms with Crippen molar-refractivity contribution >= 4 is 11.8 Å². The van der Waals surface area contributed by atoms with E-state index in [0.29, 0.717) is 0 Å². The molecule has 1 aliphatic rings. The number of hydrogen-bond acceptors (Lipinski definition) is 4. The average Bonchev–Trinajstić information content (AvgIpc) is 3.02. The van der Waals surface area contributed by atoms with Crippen LogP contribution in [0.5, 0.6) is 0 Å². The van der Waals surface area contributed by atoms with Crippen LogP contribution in [0.2, 0.25) is 0 Å². The van der Waals surface area contributed by atoms with E-state index >= 15 is 0 Å². The molecule has 0 aromatic carbocycles. The van der Waals surface area contributed by atoms with Gasteiger partial charge >= 0.3 is 0 Å². The number of rotatable bonds is 6. The summed E-state index contributed by atoms with van der Waals surface area (Å²) < 4.78 is 2.07. The number of aliphatic imine (C=N–C) groups is 1. The van der Waals surface area contributed by atoms with Gasteiger partial charge in [-0.1, -0.05) is 6.07 Å². The average molecular weight is 370 g/mol. The zero-order valence-corrected chi connectivity index (χ0v) is 16.7. The van der Waals surface area contributed by atoms with Crippen molar-refractivity contribution in [3.63, 3.8) is 0 Å². The molecule has 1 aliphatic heterocycles. The van der Waals surface area contributed by atoms with Crippen molar-refractivity contribution in [3.8, 4) is 0 Å². The monoisotopic (exact) mass is 369 g/mol. The van der Waals surface area contributed by atoms with Gasteiger partial charge in [0.25, 0.3) is 0 Å². The van der Waals surface area contributed by atoms with Crippen LogP contribution in [0.3, 0.4) is 0 Å². The van der Waals surface area contributed by atoms with E-state index in [1.807, 2.05) is 25.3 Å². The standard InChI is InChI=1S/C20H31N7/c1-4-21-20(23-10-7-11-27-18(3)16-17(2)24-27)26-14-12-25(13-15-26)19-8-5-6-9-22-19/h5-6,8-9,16H,4,7,10-15H2,1-3H3,(H,21,23). The lowest BCUT2D eigenvalue weighted by Crippen LogP contribution is -2.52. The Bertz CT molecular complexity index is 730. The summed E-state index contributed by atoms with van der Waals surface area (Å²) >= 11 is 0. The molecule has 7 heteroatoms. The zero-order valence-electron chi connectivity index (χ0n) is 16.7. The largest absolute Gasteiger partial charge is 0.357 e. The normalized spacial score (nSPS) is 15.3. The van der Waals surface area contributed by atoms with Gasteiger partial charge in [0.2, 0.25) is 0 Å². The van der Waals surface area contributed by atoms with Gasteiger partial charge in [0.15, 0.2) is 5.96 Å². The van der Waals surface area contributed by atoms with Crippen LogP contribution in [0, 0.1) is 13.8 Å². The molecule has 1 N–H and O–H groups in total. The zero-order chi connectivity index (χ0) is 19.1. The fourth-order valence-corrected chi connectivity index (χ4v) is 3.42. The topological polar surface area (TPSA) is 61.6 Å². The van der Waals surface area contributed by atoms with Crippen LogP contribution in [-0.4, -0.2) is 64.9 Å². The Kier molecular flexibility index (Phi) is 6.68. The predicted octanol–water partition coefficient (Wildman–Crippen LogP) is 2.07.